The highest BCUT2D eigenvalue weighted by Gasteiger charge is 2.06. The van der Waals surface area contributed by atoms with Crippen LogP contribution in [0, 0.1) is 6.92 Å². The second-order valence-electron chi connectivity index (χ2n) is 5.06. The van der Waals surface area contributed by atoms with E-state index in [1.165, 1.54) is 7.11 Å². The zero-order valence-corrected chi connectivity index (χ0v) is 12.0. The van der Waals surface area contributed by atoms with E-state index >= 15 is 0 Å². The molecule has 0 unspecified atom stereocenters. The highest BCUT2D eigenvalue weighted by molar-refractivity contribution is 5.89. The number of rotatable bonds is 3. The van der Waals surface area contributed by atoms with Gasteiger partial charge in [-0.15, -0.1) is 0 Å². The summed E-state index contributed by atoms with van der Waals surface area (Å²) in [5, 5.41) is 1.14. The summed E-state index contributed by atoms with van der Waals surface area (Å²) in [6.45, 7) is 2.76. The predicted molar refractivity (Wildman–Crippen MR) is 81.4 cm³/mol. The molecule has 0 saturated carbocycles. The lowest BCUT2D eigenvalue weighted by atomic mass is 10.1. The number of pyridine rings is 1. The van der Waals surface area contributed by atoms with E-state index in [-0.39, 0.29) is 5.97 Å². The van der Waals surface area contributed by atoms with Gasteiger partial charge in [0.05, 0.1) is 12.7 Å². The standard InChI is InChI=1S/C17H16N2O2/c1-12-9-15-7-8-19(16(15)18-10-12)11-13-3-5-14(6-4-13)17(20)21-2/h3-10H,11H2,1-2H3. The van der Waals surface area contributed by atoms with E-state index in [2.05, 4.69) is 21.7 Å². The summed E-state index contributed by atoms with van der Waals surface area (Å²) in [5.74, 6) is -0.315. The first-order valence-corrected chi connectivity index (χ1v) is 6.76. The van der Waals surface area contributed by atoms with Crippen LogP contribution in [0.4, 0.5) is 0 Å². The molecule has 0 spiro atoms. The van der Waals surface area contributed by atoms with Gasteiger partial charge in [0.2, 0.25) is 0 Å². The Kier molecular flexibility index (Phi) is 3.44. The first kappa shape index (κ1) is 13.4. The number of aryl methyl sites for hydroxylation is 1. The van der Waals surface area contributed by atoms with E-state index < -0.39 is 0 Å². The molecule has 0 saturated heterocycles. The van der Waals surface area contributed by atoms with Crippen molar-refractivity contribution in [2.45, 2.75) is 13.5 Å². The summed E-state index contributed by atoms with van der Waals surface area (Å²) in [4.78, 5) is 15.9. The maximum atomic E-state index is 11.4. The zero-order valence-electron chi connectivity index (χ0n) is 12.0. The summed E-state index contributed by atoms with van der Waals surface area (Å²) in [6, 6.07) is 11.6. The highest BCUT2D eigenvalue weighted by atomic mass is 16.5. The average Bonchev–Trinajstić information content (AvgIpc) is 2.89. The second-order valence-corrected chi connectivity index (χ2v) is 5.06. The topological polar surface area (TPSA) is 44.1 Å². The molecule has 3 aromatic rings. The van der Waals surface area contributed by atoms with Crippen LogP contribution in [0.15, 0.2) is 48.8 Å². The maximum Gasteiger partial charge on any atom is 0.337 e. The molecule has 0 aliphatic carbocycles. The highest BCUT2D eigenvalue weighted by Crippen LogP contribution is 2.16. The van der Waals surface area contributed by atoms with Crippen LogP contribution in [0.5, 0.6) is 0 Å². The number of carbonyl (C=O) groups excluding carboxylic acids is 1. The molecule has 0 atom stereocenters. The van der Waals surface area contributed by atoms with E-state index in [1.807, 2.05) is 31.5 Å². The van der Waals surface area contributed by atoms with Gasteiger partial charge in [0.15, 0.2) is 0 Å². The normalized spacial score (nSPS) is 10.8. The minimum absolute atomic E-state index is 0.315. The van der Waals surface area contributed by atoms with Crippen molar-refractivity contribution in [3.63, 3.8) is 0 Å². The van der Waals surface area contributed by atoms with Gasteiger partial charge >= 0.3 is 5.97 Å². The first-order valence-electron chi connectivity index (χ1n) is 6.76. The van der Waals surface area contributed by atoms with Crippen molar-refractivity contribution in [2.75, 3.05) is 7.11 Å². The molecular weight excluding hydrogens is 264 g/mol. The molecule has 2 heterocycles. The monoisotopic (exact) mass is 280 g/mol. The van der Waals surface area contributed by atoms with Crippen LogP contribution in [0.1, 0.15) is 21.5 Å². The Morgan fingerprint density at radius 2 is 2.00 bits per heavy atom. The maximum absolute atomic E-state index is 11.4. The van der Waals surface area contributed by atoms with Crippen LogP contribution < -0.4 is 0 Å². The van der Waals surface area contributed by atoms with Crippen molar-refractivity contribution in [1.82, 2.24) is 9.55 Å². The third-order valence-corrected chi connectivity index (χ3v) is 3.47. The molecule has 0 radical (unpaired) electrons. The lowest BCUT2D eigenvalue weighted by molar-refractivity contribution is 0.0600. The molecule has 0 amide bonds. The van der Waals surface area contributed by atoms with E-state index in [0.717, 1.165) is 28.7 Å². The summed E-state index contributed by atoms with van der Waals surface area (Å²) >= 11 is 0. The van der Waals surface area contributed by atoms with Gasteiger partial charge < -0.3 is 9.30 Å². The molecular formula is C17H16N2O2. The van der Waals surface area contributed by atoms with Gasteiger partial charge in [-0.05, 0) is 42.3 Å². The zero-order chi connectivity index (χ0) is 14.8. The lowest BCUT2D eigenvalue weighted by Crippen LogP contribution is -2.03. The fourth-order valence-corrected chi connectivity index (χ4v) is 2.38. The minimum Gasteiger partial charge on any atom is -0.465 e. The molecule has 4 heteroatoms. The Morgan fingerprint density at radius 1 is 1.24 bits per heavy atom. The number of benzene rings is 1. The molecule has 0 fully saturated rings. The van der Waals surface area contributed by atoms with Crippen LogP contribution in [-0.2, 0) is 11.3 Å². The third-order valence-electron chi connectivity index (χ3n) is 3.47. The molecule has 0 aliphatic heterocycles. The molecule has 4 nitrogen and oxygen atoms in total. The van der Waals surface area contributed by atoms with Gasteiger partial charge in [0, 0.05) is 24.3 Å². The predicted octanol–water partition coefficient (Wildman–Crippen LogP) is 3.18. The van der Waals surface area contributed by atoms with Gasteiger partial charge in [-0.3, -0.25) is 0 Å². The number of fused-ring (bicyclic) bond motifs is 1. The number of methoxy groups -OCH3 is 1. The number of ether oxygens (including phenoxy) is 1. The largest absolute Gasteiger partial charge is 0.465 e. The Hall–Kier alpha value is -2.62. The van der Waals surface area contributed by atoms with Gasteiger partial charge in [0.25, 0.3) is 0 Å². The van der Waals surface area contributed by atoms with E-state index in [0.29, 0.717) is 5.56 Å². The molecule has 3 rings (SSSR count). The van der Waals surface area contributed by atoms with E-state index in [4.69, 9.17) is 4.74 Å². The van der Waals surface area contributed by atoms with E-state index in [1.54, 1.807) is 12.1 Å². The van der Waals surface area contributed by atoms with E-state index in [9.17, 15) is 4.79 Å². The molecule has 0 bridgehead atoms. The van der Waals surface area contributed by atoms with Gasteiger partial charge in [-0.2, -0.15) is 0 Å². The summed E-state index contributed by atoms with van der Waals surface area (Å²) in [7, 11) is 1.38. The van der Waals surface area contributed by atoms with Gasteiger partial charge in [0.1, 0.15) is 5.65 Å². The van der Waals surface area contributed by atoms with Crippen LogP contribution in [0.3, 0.4) is 0 Å². The smallest absolute Gasteiger partial charge is 0.337 e. The quantitative estimate of drug-likeness (QED) is 0.692. The number of nitrogens with zero attached hydrogens (tertiary/aromatic N) is 2. The summed E-state index contributed by atoms with van der Waals surface area (Å²) in [6.07, 6.45) is 3.91. The first-order chi connectivity index (χ1) is 10.2. The molecule has 1 aromatic carbocycles. The molecule has 2 aromatic heterocycles. The number of hydrogen-bond acceptors (Lipinski definition) is 3. The van der Waals surface area contributed by atoms with Crippen LogP contribution >= 0.6 is 0 Å². The number of esters is 1. The van der Waals surface area contributed by atoms with Crippen LogP contribution in [-0.4, -0.2) is 22.6 Å². The summed E-state index contributed by atoms with van der Waals surface area (Å²) < 4.78 is 6.80. The molecule has 0 aliphatic rings. The number of aromatic nitrogens is 2. The average molecular weight is 280 g/mol. The Labute approximate surface area is 123 Å². The SMILES string of the molecule is COC(=O)c1ccc(Cn2ccc3cc(C)cnc32)cc1. The third kappa shape index (κ3) is 2.65. The fourth-order valence-electron chi connectivity index (χ4n) is 2.38. The summed E-state index contributed by atoms with van der Waals surface area (Å²) in [5.41, 5.74) is 3.80. The Morgan fingerprint density at radius 3 is 2.71 bits per heavy atom. The molecule has 106 valence electrons. The van der Waals surface area contributed by atoms with Crippen molar-refractivity contribution in [3.05, 3.63) is 65.5 Å². The lowest BCUT2D eigenvalue weighted by Gasteiger charge is -2.06. The van der Waals surface area contributed by atoms with Crippen LogP contribution in [0.25, 0.3) is 11.0 Å². The Bertz CT molecular complexity index is 788. The van der Waals surface area contributed by atoms with Crippen molar-refractivity contribution in [2.24, 2.45) is 0 Å². The minimum atomic E-state index is -0.315. The van der Waals surface area contributed by atoms with Crippen molar-refractivity contribution >= 4 is 17.0 Å². The second kappa shape index (κ2) is 5.40. The van der Waals surface area contributed by atoms with Crippen molar-refractivity contribution < 1.29 is 9.53 Å². The fraction of sp³-hybridized carbons (Fsp3) is 0.176. The van der Waals surface area contributed by atoms with Gasteiger partial charge in [-0.25, -0.2) is 9.78 Å². The van der Waals surface area contributed by atoms with Crippen molar-refractivity contribution in [1.29, 1.82) is 0 Å². The molecule has 0 N–H and O–H groups in total. The van der Waals surface area contributed by atoms with Gasteiger partial charge in [-0.1, -0.05) is 12.1 Å². The van der Waals surface area contributed by atoms with Crippen molar-refractivity contribution in [3.8, 4) is 0 Å². The number of hydrogen-bond donors (Lipinski definition) is 0. The molecule has 21 heavy (non-hydrogen) atoms. The van der Waals surface area contributed by atoms with Crippen LogP contribution in [0.2, 0.25) is 0 Å². The number of carbonyl (C=O) groups is 1. The Balaban J connectivity index is 1.86.